The number of thiazole rings is 1. The van der Waals surface area contributed by atoms with Crippen molar-refractivity contribution in [3.8, 4) is 11.5 Å². The summed E-state index contributed by atoms with van der Waals surface area (Å²) in [5.74, 6) is 1.40. The molecular weight excluding hydrogens is 410 g/mol. The molecule has 31 heavy (non-hydrogen) atoms. The number of aryl methyl sites for hydroxylation is 1. The van der Waals surface area contributed by atoms with Crippen molar-refractivity contribution >= 4 is 38.7 Å². The van der Waals surface area contributed by atoms with Gasteiger partial charge >= 0.3 is 0 Å². The zero-order chi connectivity index (χ0) is 21.8. The normalized spacial score (nSPS) is 14.4. The molecule has 1 amide bonds. The maximum absolute atomic E-state index is 12.7. The minimum Gasteiger partial charge on any atom is -0.497 e. The number of aromatic nitrogens is 1. The molecule has 0 N–H and O–H groups in total. The van der Waals surface area contributed by atoms with Crippen LogP contribution in [0.2, 0.25) is 0 Å². The summed E-state index contributed by atoms with van der Waals surface area (Å²) in [5, 5.41) is 1.04. The molecule has 1 aliphatic rings. The van der Waals surface area contributed by atoms with Gasteiger partial charge in [-0.25, -0.2) is 4.98 Å². The molecule has 0 spiro atoms. The van der Waals surface area contributed by atoms with Crippen LogP contribution in [0, 0.1) is 0 Å². The van der Waals surface area contributed by atoms with Gasteiger partial charge in [-0.3, -0.25) is 4.79 Å². The van der Waals surface area contributed by atoms with E-state index in [4.69, 9.17) is 14.5 Å². The largest absolute Gasteiger partial charge is 0.497 e. The number of hydrogen-bond acceptors (Lipinski definition) is 6. The lowest BCUT2D eigenvalue weighted by Gasteiger charge is -2.34. The van der Waals surface area contributed by atoms with Crippen molar-refractivity contribution in [1.82, 2.24) is 9.88 Å². The molecule has 0 unspecified atom stereocenters. The highest BCUT2D eigenvalue weighted by Crippen LogP contribution is 2.30. The van der Waals surface area contributed by atoms with Gasteiger partial charge in [0.2, 0.25) is 5.91 Å². The van der Waals surface area contributed by atoms with Crippen LogP contribution in [-0.2, 0) is 11.2 Å². The van der Waals surface area contributed by atoms with E-state index in [0.29, 0.717) is 18.8 Å². The molecular formula is C24H27N3O3S. The van der Waals surface area contributed by atoms with Crippen LogP contribution in [0.1, 0.15) is 18.1 Å². The van der Waals surface area contributed by atoms with Crippen LogP contribution in [0.4, 0.5) is 5.13 Å². The van der Waals surface area contributed by atoms with Crippen molar-refractivity contribution in [3.63, 3.8) is 0 Å². The minimum atomic E-state index is 0.00871. The zero-order valence-electron chi connectivity index (χ0n) is 18.1. The Morgan fingerprint density at radius 3 is 2.61 bits per heavy atom. The second kappa shape index (κ2) is 9.39. The van der Waals surface area contributed by atoms with E-state index < -0.39 is 0 Å². The second-order valence-electron chi connectivity index (χ2n) is 7.41. The molecule has 6 nitrogen and oxygen atoms in total. The molecule has 1 saturated heterocycles. The molecule has 2 aromatic carbocycles. The van der Waals surface area contributed by atoms with Gasteiger partial charge < -0.3 is 19.3 Å². The van der Waals surface area contributed by atoms with Crippen molar-refractivity contribution in [1.29, 1.82) is 0 Å². The van der Waals surface area contributed by atoms with Gasteiger partial charge in [0.15, 0.2) is 5.13 Å². The van der Waals surface area contributed by atoms with Gasteiger partial charge in [-0.15, -0.1) is 0 Å². The smallest absolute Gasteiger partial charge is 0.246 e. The number of hydrogen-bond donors (Lipinski definition) is 0. The van der Waals surface area contributed by atoms with Gasteiger partial charge in [0, 0.05) is 43.9 Å². The quantitative estimate of drug-likeness (QED) is 0.540. The highest BCUT2D eigenvalue weighted by Gasteiger charge is 2.22. The maximum atomic E-state index is 12.7. The van der Waals surface area contributed by atoms with E-state index in [1.165, 1.54) is 10.3 Å². The lowest BCUT2D eigenvalue weighted by molar-refractivity contribution is -0.126. The van der Waals surface area contributed by atoms with Crippen LogP contribution >= 0.6 is 11.3 Å². The van der Waals surface area contributed by atoms with Crippen molar-refractivity contribution < 1.29 is 14.3 Å². The Morgan fingerprint density at radius 2 is 1.90 bits per heavy atom. The Balaban J connectivity index is 1.38. The van der Waals surface area contributed by atoms with Crippen LogP contribution in [0.15, 0.2) is 42.5 Å². The lowest BCUT2D eigenvalue weighted by Crippen LogP contribution is -2.48. The monoisotopic (exact) mass is 437 g/mol. The molecule has 0 bridgehead atoms. The topological polar surface area (TPSA) is 54.9 Å². The molecule has 162 valence electrons. The van der Waals surface area contributed by atoms with Crippen LogP contribution in [0.5, 0.6) is 11.5 Å². The van der Waals surface area contributed by atoms with Gasteiger partial charge in [0.05, 0.1) is 24.4 Å². The number of carbonyl (C=O) groups excluding carboxylic acids is 1. The summed E-state index contributed by atoms with van der Waals surface area (Å²) in [7, 11) is 3.22. The summed E-state index contributed by atoms with van der Waals surface area (Å²) in [6.07, 6.45) is 4.44. The summed E-state index contributed by atoms with van der Waals surface area (Å²) in [6, 6.07) is 12.0. The van der Waals surface area contributed by atoms with Crippen molar-refractivity contribution in [2.24, 2.45) is 0 Å². The molecule has 1 fully saturated rings. The van der Waals surface area contributed by atoms with E-state index in [-0.39, 0.29) is 5.91 Å². The summed E-state index contributed by atoms with van der Waals surface area (Å²) in [6.45, 7) is 5.09. The van der Waals surface area contributed by atoms with Gasteiger partial charge in [-0.05, 0) is 42.3 Å². The van der Waals surface area contributed by atoms with E-state index >= 15 is 0 Å². The summed E-state index contributed by atoms with van der Waals surface area (Å²) in [4.78, 5) is 21.6. The number of benzene rings is 2. The fourth-order valence-electron chi connectivity index (χ4n) is 3.65. The number of fused-ring (bicyclic) bond motifs is 1. The lowest BCUT2D eigenvalue weighted by atomic mass is 10.1. The number of nitrogens with zero attached hydrogens (tertiary/aromatic N) is 3. The van der Waals surface area contributed by atoms with E-state index in [2.05, 4.69) is 30.0 Å². The average molecular weight is 438 g/mol. The third-order valence-electron chi connectivity index (χ3n) is 5.56. The Labute approximate surface area is 186 Å². The molecule has 3 aromatic rings. The number of rotatable bonds is 6. The molecule has 0 atom stereocenters. The van der Waals surface area contributed by atoms with Gasteiger partial charge in [0.25, 0.3) is 0 Å². The minimum absolute atomic E-state index is 0.00871. The fraction of sp³-hybridized carbons (Fsp3) is 0.333. The van der Waals surface area contributed by atoms with Gasteiger partial charge in [0.1, 0.15) is 11.5 Å². The number of carbonyl (C=O) groups is 1. The van der Waals surface area contributed by atoms with E-state index in [0.717, 1.165) is 41.5 Å². The van der Waals surface area contributed by atoms with Crippen LogP contribution in [0.25, 0.3) is 16.3 Å². The third-order valence-corrected chi connectivity index (χ3v) is 6.64. The first-order valence-electron chi connectivity index (χ1n) is 10.4. The SMILES string of the molecule is CCc1ccc2nc(N3CCN(C(=O)/C=C/c4ccc(OC)cc4OC)CC3)sc2c1. The Morgan fingerprint density at radius 1 is 1.10 bits per heavy atom. The predicted molar refractivity (Wildman–Crippen MR) is 126 cm³/mol. The third kappa shape index (κ3) is 4.66. The molecule has 7 heteroatoms. The standard InChI is InChI=1S/C24H27N3O3S/c1-4-17-5-9-20-22(15-17)31-24(25-20)27-13-11-26(12-14-27)23(28)10-7-18-6-8-19(29-2)16-21(18)30-3/h5-10,15-16H,4,11-14H2,1-3H3/b10-7+. The van der Waals surface area contributed by atoms with Crippen molar-refractivity contribution in [2.45, 2.75) is 13.3 Å². The Hall–Kier alpha value is -3.06. The summed E-state index contributed by atoms with van der Waals surface area (Å²) >= 11 is 1.73. The first-order valence-corrected chi connectivity index (χ1v) is 11.3. The molecule has 2 heterocycles. The zero-order valence-corrected chi connectivity index (χ0v) is 18.9. The van der Waals surface area contributed by atoms with E-state index in [9.17, 15) is 4.79 Å². The van der Waals surface area contributed by atoms with E-state index in [1.807, 2.05) is 23.1 Å². The summed E-state index contributed by atoms with van der Waals surface area (Å²) < 4.78 is 11.8. The summed E-state index contributed by atoms with van der Waals surface area (Å²) in [5.41, 5.74) is 3.22. The first-order chi connectivity index (χ1) is 15.1. The maximum Gasteiger partial charge on any atom is 0.246 e. The molecule has 0 aliphatic carbocycles. The molecule has 1 aliphatic heterocycles. The molecule has 0 radical (unpaired) electrons. The second-order valence-corrected chi connectivity index (χ2v) is 8.41. The van der Waals surface area contributed by atoms with Gasteiger partial charge in [-0.1, -0.05) is 24.3 Å². The van der Waals surface area contributed by atoms with E-state index in [1.54, 1.807) is 37.7 Å². The van der Waals surface area contributed by atoms with Gasteiger partial charge in [-0.2, -0.15) is 0 Å². The predicted octanol–water partition coefficient (Wildman–Crippen LogP) is 4.24. The number of anilines is 1. The van der Waals surface area contributed by atoms with Crippen LogP contribution < -0.4 is 14.4 Å². The van der Waals surface area contributed by atoms with Crippen molar-refractivity contribution in [3.05, 3.63) is 53.6 Å². The first kappa shape index (κ1) is 21.2. The fourth-order valence-corrected chi connectivity index (χ4v) is 4.73. The molecule has 1 aromatic heterocycles. The highest BCUT2D eigenvalue weighted by atomic mass is 32.1. The van der Waals surface area contributed by atoms with Crippen LogP contribution in [-0.4, -0.2) is 56.2 Å². The number of methoxy groups -OCH3 is 2. The molecule has 4 rings (SSSR count). The Kier molecular flexibility index (Phi) is 6.42. The van der Waals surface area contributed by atoms with Crippen molar-refractivity contribution in [2.75, 3.05) is 45.3 Å². The number of ether oxygens (including phenoxy) is 2. The van der Waals surface area contributed by atoms with Crippen LogP contribution in [0.3, 0.4) is 0 Å². The average Bonchev–Trinajstić information content (AvgIpc) is 3.25. The Bertz CT molecular complexity index is 1100. The highest BCUT2D eigenvalue weighted by molar-refractivity contribution is 7.22. The molecule has 0 saturated carbocycles. The number of piperazine rings is 1. The number of amides is 1.